The van der Waals surface area contributed by atoms with Crippen LogP contribution in [0.1, 0.15) is 24.1 Å². The maximum absolute atomic E-state index is 12.4. The monoisotopic (exact) mass is 264 g/mol. The Morgan fingerprint density at radius 2 is 2.22 bits per heavy atom. The van der Waals surface area contributed by atoms with E-state index >= 15 is 0 Å². The minimum atomic E-state index is -0.194. The lowest BCUT2D eigenvalue weighted by atomic mass is 9.98. The minimum Gasteiger partial charge on any atom is -0.329 e. The zero-order valence-corrected chi connectivity index (χ0v) is 11.0. The highest BCUT2D eigenvalue weighted by Crippen LogP contribution is 2.24. The van der Waals surface area contributed by atoms with Gasteiger partial charge >= 0.3 is 0 Å². The molecule has 2 saturated heterocycles. The van der Waals surface area contributed by atoms with Crippen molar-refractivity contribution in [2.24, 2.45) is 0 Å². The van der Waals surface area contributed by atoms with Gasteiger partial charge in [-0.05, 0) is 30.7 Å². The van der Waals surface area contributed by atoms with Gasteiger partial charge in [-0.3, -0.25) is 9.59 Å². The van der Waals surface area contributed by atoms with E-state index in [2.05, 4.69) is 0 Å². The Balaban J connectivity index is 1.76. The minimum absolute atomic E-state index is 0.107. The zero-order valence-electron chi connectivity index (χ0n) is 10.2. The second-order valence-electron chi connectivity index (χ2n) is 4.87. The highest BCUT2D eigenvalue weighted by molar-refractivity contribution is 7.09. The van der Waals surface area contributed by atoms with Crippen LogP contribution in [0.2, 0.25) is 0 Å². The highest BCUT2D eigenvalue weighted by Gasteiger charge is 2.40. The van der Waals surface area contributed by atoms with Crippen molar-refractivity contribution in [3.8, 4) is 0 Å². The van der Waals surface area contributed by atoms with Crippen molar-refractivity contribution in [2.45, 2.75) is 31.8 Å². The SMILES string of the molecule is O=C1C2CCCCN2C(=O)CN1Cc1cccs1. The molecule has 0 spiro atoms. The molecule has 96 valence electrons. The van der Waals surface area contributed by atoms with Crippen molar-refractivity contribution in [3.05, 3.63) is 22.4 Å². The summed E-state index contributed by atoms with van der Waals surface area (Å²) in [6.07, 6.45) is 2.90. The summed E-state index contributed by atoms with van der Waals surface area (Å²) in [6.45, 7) is 1.57. The van der Waals surface area contributed by atoms with Crippen LogP contribution in [0.5, 0.6) is 0 Å². The van der Waals surface area contributed by atoms with E-state index in [1.165, 1.54) is 0 Å². The van der Waals surface area contributed by atoms with E-state index in [0.717, 1.165) is 30.7 Å². The van der Waals surface area contributed by atoms with Gasteiger partial charge < -0.3 is 9.80 Å². The first-order chi connectivity index (χ1) is 8.75. The standard InChI is InChI=1S/C13H16N2O2S/c16-12-9-14(8-10-4-3-7-18-10)13(17)11-5-1-2-6-15(11)12/h3-4,7,11H,1-2,5-6,8-9H2. The Hall–Kier alpha value is -1.36. The smallest absolute Gasteiger partial charge is 0.246 e. The molecule has 1 aromatic rings. The second-order valence-corrected chi connectivity index (χ2v) is 5.90. The molecule has 2 fully saturated rings. The Morgan fingerprint density at radius 3 is 3.00 bits per heavy atom. The third kappa shape index (κ3) is 2.03. The quantitative estimate of drug-likeness (QED) is 0.811. The summed E-state index contributed by atoms with van der Waals surface area (Å²) >= 11 is 1.63. The normalized spacial score (nSPS) is 24.3. The number of hydrogen-bond donors (Lipinski definition) is 0. The van der Waals surface area contributed by atoms with Gasteiger partial charge in [-0.15, -0.1) is 11.3 Å². The van der Waals surface area contributed by atoms with Crippen molar-refractivity contribution >= 4 is 23.2 Å². The molecular weight excluding hydrogens is 248 g/mol. The van der Waals surface area contributed by atoms with E-state index in [1.54, 1.807) is 21.1 Å². The summed E-state index contributed by atoms with van der Waals surface area (Å²) in [5, 5.41) is 2.00. The lowest BCUT2D eigenvalue weighted by molar-refractivity contribution is -0.158. The second kappa shape index (κ2) is 4.72. The van der Waals surface area contributed by atoms with Gasteiger partial charge in [-0.25, -0.2) is 0 Å². The van der Waals surface area contributed by atoms with Crippen molar-refractivity contribution in [1.29, 1.82) is 0 Å². The van der Waals surface area contributed by atoms with E-state index in [9.17, 15) is 9.59 Å². The molecule has 3 rings (SSSR count). The summed E-state index contributed by atoms with van der Waals surface area (Å²) < 4.78 is 0. The lowest BCUT2D eigenvalue weighted by Crippen LogP contribution is -2.60. The van der Waals surface area contributed by atoms with Crippen LogP contribution in [0, 0.1) is 0 Å². The molecule has 0 saturated carbocycles. The van der Waals surface area contributed by atoms with Crippen LogP contribution in [0.4, 0.5) is 0 Å². The molecule has 1 aromatic heterocycles. The molecule has 0 aromatic carbocycles. The van der Waals surface area contributed by atoms with Gasteiger partial charge in [0, 0.05) is 11.4 Å². The first-order valence-electron chi connectivity index (χ1n) is 6.36. The van der Waals surface area contributed by atoms with Crippen LogP contribution in [0.3, 0.4) is 0 Å². The highest BCUT2D eigenvalue weighted by atomic mass is 32.1. The molecule has 2 amide bonds. The van der Waals surface area contributed by atoms with Crippen LogP contribution < -0.4 is 0 Å². The zero-order chi connectivity index (χ0) is 12.5. The number of carbonyl (C=O) groups is 2. The number of piperidine rings is 1. The van der Waals surface area contributed by atoms with E-state index in [0.29, 0.717) is 6.54 Å². The van der Waals surface area contributed by atoms with Gasteiger partial charge in [-0.1, -0.05) is 6.07 Å². The van der Waals surface area contributed by atoms with Crippen LogP contribution in [0.15, 0.2) is 17.5 Å². The lowest BCUT2D eigenvalue weighted by Gasteiger charge is -2.42. The van der Waals surface area contributed by atoms with Crippen molar-refractivity contribution in [1.82, 2.24) is 9.80 Å². The van der Waals surface area contributed by atoms with E-state index in [-0.39, 0.29) is 24.4 Å². The van der Waals surface area contributed by atoms with E-state index in [1.807, 2.05) is 17.5 Å². The molecule has 0 bridgehead atoms. The number of hydrogen-bond acceptors (Lipinski definition) is 3. The largest absolute Gasteiger partial charge is 0.329 e. The van der Waals surface area contributed by atoms with Gasteiger partial charge in [0.25, 0.3) is 0 Å². The Bertz CT molecular complexity index is 458. The third-order valence-corrected chi connectivity index (χ3v) is 4.53. The fourth-order valence-corrected chi connectivity index (χ4v) is 3.47. The van der Waals surface area contributed by atoms with Gasteiger partial charge in [0.2, 0.25) is 11.8 Å². The maximum Gasteiger partial charge on any atom is 0.246 e. The number of carbonyl (C=O) groups excluding carboxylic acids is 2. The Kier molecular flexibility index (Phi) is 3.07. The Labute approximate surface area is 110 Å². The number of amides is 2. The number of rotatable bonds is 2. The molecular formula is C13H16N2O2S. The number of thiophene rings is 1. The molecule has 5 heteroatoms. The van der Waals surface area contributed by atoms with E-state index < -0.39 is 0 Å². The molecule has 4 nitrogen and oxygen atoms in total. The third-order valence-electron chi connectivity index (χ3n) is 3.67. The fourth-order valence-electron chi connectivity index (χ4n) is 2.75. The average molecular weight is 264 g/mol. The topological polar surface area (TPSA) is 40.6 Å². The summed E-state index contributed by atoms with van der Waals surface area (Å²) in [6, 6.07) is 3.79. The van der Waals surface area contributed by atoms with Crippen molar-refractivity contribution in [2.75, 3.05) is 13.1 Å². The first-order valence-corrected chi connectivity index (χ1v) is 7.24. The summed E-state index contributed by atoms with van der Waals surface area (Å²) in [7, 11) is 0. The fraction of sp³-hybridized carbons (Fsp3) is 0.538. The molecule has 18 heavy (non-hydrogen) atoms. The van der Waals surface area contributed by atoms with Crippen LogP contribution in [-0.2, 0) is 16.1 Å². The van der Waals surface area contributed by atoms with Gasteiger partial charge in [0.05, 0.1) is 6.54 Å². The summed E-state index contributed by atoms with van der Waals surface area (Å²) in [4.78, 5) is 29.0. The predicted octanol–water partition coefficient (Wildman–Crippen LogP) is 1.47. The van der Waals surface area contributed by atoms with Gasteiger partial charge in [0.15, 0.2) is 0 Å². The molecule has 0 radical (unpaired) electrons. The van der Waals surface area contributed by atoms with Crippen molar-refractivity contribution < 1.29 is 9.59 Å². The summed E-state index contributed by atoms with van der Waals surface area (Å²) in [5.74, 6) is 0.235. The van der Waals surface area contributed by atoms with Crippen LogP contribution in [-0.4, -0.2) is 40.7 Å². The van der Waals surface area contributed by atoms with E-state index in [4.69, 9.17) is 0 Å². The number of piperazine rings is 1. The molecule has 2 aliphatic heterocycles. The summed E-state index contributed by atoms with van der Waals surface area (Å²) in [5.41, 5.74) is 0. The molecule has 0 aliphatic carbocycles. The number of fused-ring (bicyclic) bond motifs is 1. The molecule has 2 aliphatic rings. The molecule has 1 unspecified atom stereocenters. The van der Waals surface area contributed by atoms with Crippen LogP contribution in [0.25, 0.3) is 0 Å². The molecule has 1 atom stereocenters. The Morgan fingerprint density at radius 1 is 1.33 bits per heavy atom. The maximum atomic E-state index is 12.4. The predicted molar refractivity (Wildman–Crippen MR) is 69.1 cm³/mol. The number of nitrogens with zero attached hydrogens (tertiary/aromatic N) is 2. The first kappa shape index (κ1) is 11.7. The molecule has 3 heterocycles. The van der Waals surface area contributed by atoms with Gasteiger partial charge in [-0.2, -0.15) is 0 Å². The molecule has 0 N–H and O–H groups in total. The average Bonchev–Trinajstić information content (AvgIpc) is 2.89. The van der Waals surface area contributed by atoms with Crippen LogP contribution >= 0.6 is 11.3 Å². The van der Waals surface area contributed by atoms with Crippen molar-refractivity contribution in [3.63, 3.8) is 0 Å². The van der Waals surface area contributed by atoms with Gasteiger partial charge in [0.1, 0.15) is 12.6 Å².